The van der Waals surface area contributed by atoms with Crippen LogP contribution in [0.4, 0.5) is 0 Å². The number of amidine groups is 1. The van der Waals surface area contributed by atoms with Gasteiger partial charge in [-0.05, 0) is 31.2 Å². The first-order valence-electron chi connectivity index (χ1n) is 6.81. The van der Waals surface area contributed by atoms with Crippen molar-refractivity contribution in [2.45, 2.75) is 24.0 Å². The summed E-state index contributed by atoms with van der Waals surface area (Å²) in [4.78, 5) is 4.02. The highest BCUT2D eigenvalue weighted by molar-refractivity contribution is 7.86. The van der Waals surface area contributed by atoms with Gasteiger partial charge in [-0.25, -0.2) is 0 Å². The van der Waals surface area contributed by atoms with Crippen LogP contribution in [0.2, 0.25) is 0 Å². The molecule has 8 heteroatoms. The molecule has 7 nitrogen and oxygen atoms in total. The summed E-state index contributed by atoms with van der Waals surface area (Å²) >= 11 is 0. The van der Waals surface area contributed by atoms with Crippen LogP contribution < -0.4 is 11.5 Å². The number of pyridine rings is 1. The third kappa shape index (κ3) is 4.13. The molecule has 0 aliphatic heterocycles. The zero-order chi connectivity index (χ0) is 17.0. The van der Waals surface area contributed by atoms with Crippen LogP contribution in [0, 0.1) is 12.3 Å². The van der Waals surface area contributed by atoms with Crippen molar-refractivity contribution in [1.29, 1.82) is 5.41 Å². The number of benzene rings is 1. The number of nitrogens with two attached hydrogens (primary N) is 2. The molecule has 0 saturated heterocycles. The highest BCUT2D eigenvalue weighted by atomic mass is 32.2. The molecule has 2 unspecified atom stereocenters. The number of nitrogens with zero attached hydrogens (tertiary/aromatic N) is 1. The molecule has 0 bridgehead atoms. The van der Waals surface area contributed by atoms with Crippen molar-refractivity contribution < 1.29 is 12.6 Å². The molecule has 0 aliphatic carbocycles. The molecule has 0 radical (unpaired) electrons. The van der Waals surface area contributed by atoms with E-state index in [-0.39, 0.29) is 4.90 Å². The Balaban J connectivity index is 2.29. The molecule has 2 atom stereocenters. The van der Waals surface area contributed by atoms with Gasteiger partial charge in [0, 0.05) is 6.20 Å². The lowest BCUT2D eigenvalue weighted by Gasteiger charge is -2.22. The van der Waals surface area contributed by atoms with Crippen molar-refractivity contribution in [1.82, 2.24) is 4.98 Å². The fourth-order valence-corrected chi connectivity index (χ4v) is 3.01. The molecule has 1 aromatic carbocycles. The molecule has 0 amide bonds. The smallest absolute Gasteiger partial charge is 0.297 e. The normalized spacial score (nSPS) is 14.2. The molecule has 5 N–H and O–H groups in total. The van der Waals surface area contributed by atoms with Crippen LogP contribution in [0.25, 0.3) is 0 Å². The number of aryl methyl sites for hydroxylation is 1. The molecule has 23 heavy (non-hydrogen) atoms. The Labute approximate surface area is 134 Å². The number of rotatable bonds is 6. The van der Waals surface area contributed by atoms with Crippen LogP contribution in [0.15, 0.2) is 53.6 Å². The molecule has 0 aliphatic rings. The van der Waals surface area contributed by atoms with Crippen molar-refractivity contribution in [3.63, 3.8) is 0 Å². The Morgan fingerprint density at radius 1 is 1.22 bits per heavy atom. The van der Waals surface area contributed by atoms with Crippen molar-refractivity contribution in [2.24, 2.45) is 11.5 Å². The van der Waals surface area contributed by atoms with Crippen LogP contribution in [0.3, 0.4) is 0 Å². The van der Waals surface area contributed by atoms with Crippen molar-refractivity contribution in [2.75, 3.05) is 0 Å². The third-order valence-electron chi connectivity index (χ3n) is 3.20. The minimum absolute atomic E-state index is 0.0254. The van der Waals surface area contributed by atoms with E-state index in [2.05, 4.69) is 4.98 Å². The van der Waals surface area contributed by atoms with Crippen LogP contribution in [-0.4, -0.2) is 25.3 Å². The Kier molecular flexibility index (Phi) is 5.09. The molecule has 0 saturated carbocycles. The minimum atomic E-state index is -4.10. The topological polar surface area (TPSA) is 132 Å². The fraction of sp³-hybridized carbons (Fsp3) is 0.200. The Morgan fingerprint density at radius 2 is 1.87 bits per heavy atom. The summed E-state index contributed by atoms with van der Waals surface area (Å²) < 4.78 is 29.8. The number of hydrogen-bond donors (Lipinski definition) is 3. The van der Waals surface area contributed by atoms with E-state index in [1.165, 1.54) is 18.3 Å². The van der Waals surface area contributed by atoms with E-state index in [4.69, 9.17) is 21.1 Å². The molecule has 2 rings (SSSR count). The van der Waals surface area contributed by atoms with Crippen LogP contribution in [-0.2, 0) is 14.3 Å². The van der Waals surface area contributed by atoms with E-state index >= 15 is 0 Å². The monoisotopic (exact) mass is 334 g/mol. The molecule has 122 valence electrons. The SMILES string of the molecule is Cc1ccc(S(=O)(=O)OC(C(=N)N)C(N)c2ccccn2)cc1. The molecule has 0 fully saturated rings. The highest BCUT2D eigenvalue weighted by Gasteiger charge is 2.30. The minimum Gasteiger partial charge on any atom is -0.385 e. The summed E-state index contributed by atoms with van der Waals surface area (Å²) in [7, 11) is -4.10. The van der Waals surface area contributed by atoms with Gasteiger partial charge in [0.2, 0.25) is 0 Å². The maximum Gasteiger partial charge on any atom is 0.297 e. The molecule has 2 aromatic rings. The predicted octanol–water partition coefficient (Wildman–Crippen LogP) is 1.10. The summed E-state index contributed by atoms with van der Waals surface area (Å²) in [5.74, 6) is -0.487. The van der Waals surface area contributed by atoms with E-state index in [0.29, 0.717) is 5.69 Å². The maximum absolute atomic E-state index is 12.3. The maximum atomic E-state index is 12.3. The highest BCUT2D eigenvalue weighted by Crippen LogP contribution is 2.21. The van der Waals surface area contributed by atoms with Crippen LogP contribution in [0.5, 0.6) is 0 Å². The lowest BCUT2D eigenvalue weighted by molar-refractivity contribution is 0.237. The van der Waals surface area contributed by atoms with E-state index in [9.17, 15) is 8.42 Å². The molecule has 1 heterocycles. The van der Waals surface area contributed by atoms with Gasteiger partial charge in [0.1, 0.15) is 5.84 Å². The van der Waals surface area contributed by atoms with Crippen LogP contribution >= 0.6 is 0 Å². The quantitative estimate of drug-likeness (QED) is 0.412. The Morgan fingerprint density at radius 3 is 2.39 bits per heavy atom. The summed E-state index contributed by atoms with van der Waals surface area (Å²) in [5, 5.41) is 7.59. The zero-order valence-electron chi connectivity index (χ0n) is 12.5. The van der Waals surface area contributed by atoms with Gasteiger partial charge >= 0.3 is 0 Å². The zero-order valence-corrected chi connectivity index (χ0v) is 13.3. The van der Waals surface area contributed by atoms with Gasteiger partial charge in [-0.3, -0.25) is 14.6 Å². The van der Waals surface area contributed by atoms with E-state index in [1.807, 2.05) is 6.92 Å². The van der Waals surface area contributed by atoms with Gasteiger partial charge in [-0.1, -0.05) is 23.8 Å². The first kappa shape index (κ1) is 17.1. The van der Waals surface area contributed by atoms with Gasteiger partial charge < -0.3 is 11.5 Å². The van der Waals surface area contributed by atoms with Crippen molar-refractivity contribution in [3.05, 3.63) is 59.9 Å². The lowest BCUT2D eigenvalue weighted by Crippen LogP contribution is -2.41. The second-order valence-electron chi connectivity index (χ2n) is 5.02. The van der Waals surface area contributed by atoms with Crippen LogP contribution in [0.1, 0.15) is 17.3 Å². The first-order chi connectivity index (χ1) is 10.8. The number of nitrogens with one attached hydrogen (secondary N) is 1. The van der Waals surface area contributed by atoms with Gasteiger partial charge in [-0.15, -0.1) is 0 Å². The summed E-state index contributed by atoms with van der Waals surface area (Å²) in [6, 6.07) is 10.2. The van der Waals surface area contributed by atoms with Gasteiger partial charge in [0.15, 0.2) is 6.10 Å². The van der Waals surface area contributed by atoms with Gasteiger partial charge in [0.05, 0.1) is 16.6 Å². The average Bonchev–Trinajstić information content (AvgIpc) is 2.53. The predicted molar refractivity (Wildman–Crippen MR) is 86.3 cm³/mol. The lowest BCUT2D eigenvalue weighted by atomic mass is 10.1. The second kappa shape index (κ2) is 6.86. The average molecular weight is 334 g/mol. The Hall–Kier alpha value is -2.29. The second-order valence-corrected chi connectivity index (χ2v) is 6.59. The molecule has 0 spiro atoms. The van der Waals surface area contributed by atoms with E-state index in [1.54, 1.807) is 30.3 Å². The Bertz CT molecular complexity index is 776. The van der Waals surface area contributed by atoms with Crippen molar-refractivity contribution in [3.8, 4) is 0 Å². The summed E-state index contributed by atoms with van der Waals surface area (Å²) in [5.41, 5.74) is 12.7. The van der Waals surface area contributed by atoms with Gasteiger partial charge in [0.25, 0.3) is 10.1 Å². The van der Waals surface area contributed by atoms with Gasteiger partial charge in [-0.2, -0.15) is 8.42 Å². The fourth-order valence-electron chi connectivity index (χ4n) is 1.93. The van der Waals surface area contributed by atoms with E-state index in [0.717, 1.165) is 5.56 Å². The van der Waals surface area contributed by atoms with Crippen molar-refractivity contribution >= 4 is 16.0 Å². The standard InChI is InChI=1S/C15H18N4O3S/c1-10-5-7-11(8-6-10)23(20,21)22-14(15(17)18)13(16)12-4-2-3-9-19-12/h2-9,13-14H,16H2,1H3,(H3,17,18). The summed E-state index contributed by atoms with van der Waals surface area (Å²) in [6.45, 7) is 1.84. The largest absolute Gasteiger partial charge is 0.385 e. The number of hydrogen-bond acceptors (Lipinski definition) is 6. The molecular weight excluding hydrogens is 316 g/mol. The summed E-state index contributed by atoms with van der Waals surface area (Å²) in [6.07, 6.45) is 0.178. The van der Waals surface area contributed by atoms with E-state index < -0.39 is 28.1 Å². The first-order valence-corrected chi connectivity index (χ1v) is 8.22. The molecule has 1 aromatic heterocycles. The third-order valence-corrected chi connectivity index (χ3v) is 4.51. The molecular formula is C15H18N4O3S. The number of aromatic nitrogens is 1.